The van der Waals surface area contributed by atoms with Crippen LogP contribution in [0.25, 0.3) is 0 Å². The maximum atomic E-state index is 12.0. The van der Waals surface area contributed by atoms with Gasteiger partial charge in [0.05, 0.1) is 0 Å². The minimum Gasteiger partial charge on any atom is -0.480 e. The monoisotopic (exact) mass is 285 g/mol. The van der Waals surface area contributed by atoms with Crippen molar-refractivity contribution in [2.75, 3.05) is 13.1 Å². The molecular weight excluding hydrogens is 262 g/mol. The topological polar surface area (TPSA) is 98.7 Å². The van der Waals surface area contributed by atoms with E-state index >= 15 is 0 Å². The number of nitrogens with one attached hydrogen (secondary N) is 2. The van der Waals surface area contributed by atoms with Crippen molar-refractivity contribution < 1.29 is 19.5 Å². The number of nitrogens with zero attached hydrogens (tertiary/aromatic N) is 1. The summed E-state index contributed by atoms with van der Waals surface area (Å²) < 4.78 is 0. The van der Waals surface area contributed by atoms with Crippen LogP contribution in [0.1, 0.15) is 33.6 Å². The molecule has 20 heavy (non-hydrogen) atoms. The summed E-state index contributed by atoms with van der Waals surface area (Å²) in [5, 5.41) is 14.3. The number of urea groups is 1. The van der Waals surface area contributed by atoms with E-state index in [9.17, 15) is 14.4 Å². The van der Waals surface area contributed by atoms with E-state index in [1.54, 1.807) is 6.92 Å². The molecular formula is C13H23N3O4. The van der Waals surface area contributed by atoms with Gasteiger partial charge in [0.15, 0.2) is 0 Å². The van der Waals surface area contributed by atoms with E-state index in [2.05, 4.69) is 10.6 Å². The molecule has 7 nitrogen and oxygen atoms in total. The Balaban J connectivity index is 2.53. The molecule has 0 radical (unpaired) electrons. The normalized spacial score (nSPS) is 15.6. The number of carboxylic acid groups (broad SMARTS) is 1. The van der Waals surface area contributed by atoms with Crippen molar-refractivity contribution in [2.24, 2.45) is 5.92 Å². The zero-order valence-corrected chi connectivity index (χ0v) is 12.2. The van der Waals surface area contributed by atoms with Crippen LogP contribution < -0.4 is 10.6 Å². The van der Waals surface area contributed by atoms with E-state index in [1.807, 2.05) is 13.8 Å². The summed E-state index contributed by atoms with van der Waals surface area (Å²) in [6.45, 7) is 5.69. The third kappa shape index (κ3) is 5.07. The Labute approximate surface area is 118 Å². The smallest absolute Gasteiger partial charge is 0.326 e. The first-order valence-electron chi connectivity index (χ1n) is 6.92. The van der Waals surface area contributed by atoms with Crippen molar-refractivity contribution >= 4 is 17.9 Å². The van der Waals surface area contributed by atoms with Crippen molar-refractivity contribution in [3.05, 3.63) is 0 Å². The zero-order valence-electron chi connectivity index (χ0n) is 12.2. The highest BCUT2D eigenvalue weighted by Crippen LogP contribution is 2.32. The van der Waals surface area contributed by atoms with Gasteiger partial charge in [-0.25, -0.2) is 9.59 Å². The third-order valence-corrected chi connectivity index (χ3v) is 3.09. The maximum absolute atomic E-state index is 12.0. The molecule has 0 aromatic carbocycles. The van der Waals surface area contributed by atoms with Crippen LogP contribution in [-0.2, 0) is 9.59 Å². The highest BCUT2D eigenvalue weighted by Gasteiger charge is 2.38. The number of likely N-dealkylation sites (N-methyl/N-ethyl adjacent to an activating group) is 1. The van der Waals surface area contributed by atoms with Crippen molar-refractivity contribution in [2.45, 2.75) is 45.7 Å². The van der Waals surface area contributed by atoms with E-state index in [-0.39, 0.29) is 24.4 Å². The van der Waals surface area contributed by atoms with Crippen LogP contribution in [0.5, 0.6) is 0 Å². The molecule has 114 valence electrons. The Morgan fingerprint density at radius 3 is 2.25 bits per heavy atom. The van der Waals surface area contributed by atoms with E-state index in [0.717, 1.165) is 12.8 Å². The number of rotatable bonds is 7. The number of carboxylic acids is 1. The van der Waals surface area contributed by atoms with Gasteiger partial charge in [0.1, 0.15) is 12.6 Å². The predicted octanol–water partition coefficient (Wildman–Crippen LogP) is 0.406. The van der Waals surface area contributed by atoms with Crippen molar-refractivity contribution in [3.63, 3.8) is 0 Å². The molecule has 1 aliphatic carbocycles. The number of hydrogen-bond acceptors (Lipinski definition) is 3. The number of carbonyl (C=O) groups excluding carboxylic acids is 2. The van der Waals surface area contributed by atoms with Crippen LogP contribution in [0.2, 0.25) is 0 Å². The van der Waals surface area contributed by atoms with Crippen LogP contribution in [-0.4, -0.2) is 53.1 Å². The summed E-state index contributed by atoms with van der Waals surface area (Å²) in [5.41, 5.74) is 0. The Hall–Kier alpha value is -1.79. The van der Waals surface area contributed by atoms with Crippen molar-refractivity contribution in [3.8, 4) is 0 Å². The molecule has 0 saturated heterocycles. The highest BCUT2D eigenvalue weighted by atomic mass is 16.4. The van der Waals surface area contributed by atoms with Gasteiger partial charge in [0, 0.05) is 12.6 Å². The molecule has 1 atom stereocenters. The van der Waals surface area contributed by atoms with Crippen molar-refractivity contribution in [1.82, 2.24) is 15.5 Å². The molecule has 0 spiro atoms. The molecule has 0 bridgehead atoms. The molecule has 0 aromatic heterocycles. The number of hydrogen-bond donors (Lipinski definition) is 3. The molecule has 3 N–H and O–H groups in total. The lowest BCUT2D eigenvalue weighted by molar-refractivity contribution is -0.139. The summed E-state index contributed by atoms with van der Waals surface area (Å²) in [4.78, 5) is 36.0. The molecule has 7 heteroatoms. The molecule has 1 unspecified atom stereocenters. The average molecular weight is 285 g/mol. The fraction of sp³-hybridized carbons (Fsp3) is 0.769. The van der Waals surface area contributed by atoms with E-state index in [1.165, 1.54) is 4.90 Å². The lowest BCUT2D eigenvalue weighted by atomic mass is 10.2. The largest absolute Gasteiger partial charge is 0.480 e. The van der Waals surface area contributed by atoms with Crippen LogP contribution >= 0.6 is 0 Å². The lowest BCUT2D eigenvalue weighted by Gasteiger charge is -2.24. The summed E-state index contributed by atoms with van der Waals surface area (Å²) >= 11 is 0. The molecule has 0 aliphatic heterocycles. The molecule has 1 saturated carbocycles. The van der Waals surface area contributed by atoms with Gasteiger partial charge in [-0.05, 0) is 39.5 Å². The van der Waals surface area contributed by atoms with Crippen LogP contribution in [0.15, 0.2) is 0 Å². The maximum Gasteiger partial charge on any atom is 0.326 e. The first-order chi connectivity index (χ1) is 9.35. The van der Waals surface area contributed by atoms with Gasteiger partial charge in [-0.2, -0.15) is 0 Å². The standard InChI is InChI=1S/C13H23N3O4/c1-4-16(7-10(17)14-8(2)3)13(20)15-11(12(18)19)9-5-6-9/h8-9,11H,4-7H2,1-3H3,(H,14,17)(H,15,20)(H,18,19). The van der Waals surface area contributed by atoms with Gasteiger partial charge < -0.3 is 20.6 Å². The van der Waals surface area contributed by atoms with Gasteiger partial charge in [0.2, 0.25) is 5.91 Å². The Bertz CT molecular complexity index is 380. The summed E-state index contributed by atoms with van der Waals surface area (Å²) in [6, 6.07) is -1.36. The third-order valence-electron chi connectivity index (χ3n) is 3.09. The second-order valence-electron chi connectivity index (χ2n) is 5.34. The quantitative estimate of drug-likeness (QED) is 0.630. The molecule has 0 aromatic rings. The first kappa shape index (κ1) is 16.3. The second-order valence-corrected chi connectivity index (χ2v) is 5.34. The number of amides is 3. The molecule has 0 heterocycles. The Kier molecular flexibility index (Phi) is 5.79. The predicted molar refractivity (Wildman–Crippen MR) is 73.2 cm³/mol. The second kappa shape index (κ2) is 7.12. The number of carbonyl (C=O) groups is 3. The van der Waals surface area contributed by atoms with Gasteiger partial charge in [-0.3, -0.25) is 4.79 Å². The molecule has 1 aliphatic rings. The average Bonchev–Trinajstić information content (AvgIpc) is 3.15. The Morgan fingerprint density at radius 1 is 1.25 bits per heavy atom. The lowest BCUT2D eigenvalue weighted by Crippen LogP contribution is -2.51. The van der Waals surface area contributed by atoms with Gasteiger partial charge in [0.25, 0.3) is 0 Å². The molecule has 1 fully saturated rings. The highest BCUT2D eigenvalue weighted by molar-refractivity contribution is 5.87. The molecule has 3 amide bonds. The minimum absolute atomic E-state index is 0.00231. The fourth-order valence-corrected chi connectivity index (χ4v) is 1.90. The van der Waals surface area contributed by atoms with E-state index in [4.69, 9.17) is 5.11 Å². The van der Waals surface area contributed by atoms with Gasteiger partial charge in [-0.1, -0.05) is 0 Å². The van der Waals surface area contributed by atoms with Gasteiger partial charge >= 0.3 is 12.0 Å². The first-order valence-corrected chi connectivity index (χ1v) is 6.92. The van der Waals surface area contributed by atoms with E-state index < -0.39 is 18.0 Å². The Morgan fingerprint density at radius 2 is 1.85 bits per heavy atom. The summed E-state index contributed by atoms with van der Waals surface area (Å²) in [6.07, 6.45) is 1.63. The van der Waals surface area contributed by atoms with E-state index in [0.29, 0.717) is 6.54 Å². The van der Waals surface area contributed by atoms with Crippen molar-refractivity contribution in [1.29, 1.82) is 0 Å². The summed E-state index contributed by atoms with van der Waals surface area (Å²) in [5.74, 6) is -1.27. The van der Waals surface area contributed by atoms with Crippen LogP contribution in [0.4, 0.5) is 4.79 Å². The SMILES string of the molecule is CCN(CC(=O)NC(C)C)C(=O)NC(C(=O)O)C1CC1. The number of aliphatic carboxylic acids is 1. The molecule has 1 rings (SSSR count). The fourth-order valence-electron chi connectivity index (χ4n) is 1.90. The van der Waals surface area contributed by atoms with Crippen LogP contribution in [0, 0.1) is 5.92 Å². The zero-order chi connectivity index (χ0) is 15.3. The summed E-state index contributed by atoms with van der Waals surface area (Å²) in [7, 11) is 0. The minimum atomic E-state index is -1.02. The van der Waals surface area contributed by atoms with Crippen LogP contribution in [0.3, 0.4) is 0 Å². The van der Waals surface area contributed by atoms with Gasteiger partial charge in [-0.15, -0.1) is 0 Å².